The summed E-state index contributed by atoms with van der Waals surface area (Å²) in [6, 6.07) is 3.02. The molecule has 0 aromatic carbocycles. The smallest absolute Gasteiger partial charge is 0.0810 e. The first-order chi connectivity index (χ1) is 8.22. The van der Waals surface area contributed by atoms with E-state index >= 15 is 0 Å². The average Bonchev–Trinajstić information content (AvgIpc) is 2.74. The lowest BCUT2D eigenvalue weighted by molar-refractivity contribution is 0.214. The Morgan fingerprint density at radius 1 is 1.59 bits per heavy atom. The Morgan fingerprint density at radius 2 is 2.41 bits per heavy atom. The summed E-state index contributed by atoms with van der Waals surface area (Å²) < 4.78 is 1.88. The standard InChI is InChI=1S/C12H22N4S/c1-4-13-12(10-5-6-16(3)14-10)11-9-17-8-7-15(11)2/h5-6,11-13H,4,7-9H2,1-3H3. The van der Waals surface area contributed by atoms with E-state index in [-0.39, 0.29) is 0 Å². The molecular weight excluding hydrogens is 232 g/mol. The average molecular weight is 254 g/mol. The molecule has 0 amide bonds. The fourth-order valence-corrected chi connectivity index (χ4v) is 3.59. The second-order valence-corrected chi connectivity index (χ2v) is 5.72. The Kier molecular flexibility index (Phi) is 4.48. The Morgan fingerprint density at radius 3 is 3.00 bits per heavy atom. The molecule has 5 heteroatoms. The maximum atomic E-state index is 4.56. The normalized spacial score (nSPS) is 23.8. The highest BCUT2D eigenvalue weighted by atomic mass is 32.2. The van der Waals surface area contributed by atoms with E-state index in [0.717, 1.165) is 12.2 Å². The van der Waals surface area contributed by atoms with Crippen molar-refractivity contribution in [2.45, 2.75) is 19.0 Å². The van der Waals surface area contributed by atoms with Crippen LogP contribution in [0.25, 0.3) is 0 Å². The number of aromatic nitrogens is 2. The molecule has 2 heterocycles. The van der Waals surface area contributed by atoms with Crippen LogP contribution in [0, 0.1) is 0 Å². The van der Waals surface area contributed by atoms with Crippen LogP contribution in [-0.2, 0) is 7.05 Å². The molecule has 2 unspecified atom stereocenters. The molecule has 4 nitrogen and oxygen atoms in total. The molecule has 2 atom stereocenters. The van der Waals surface area contributed by atoms with Crippen LogP contribution in [0.5, 0.6) is 0 Å². The third-order valence-corrected chi connectivity index (χ3v) is 4.35. The molecule has 1 N–H and O–H groups in total. The number of hydrogen-bond acceptors (Lipinski definition) is 4. The van der Waals surface area contributed by atoms with E-state index in [9.17, 15) is 0 Å². The van der Waals surface area contributed by atoms with Crippen molar-refractivity contribution in [2.75, 3.05) is 31.6 Å². The summed E-state index contributed by atoms with van der Waals surface area (Å²) in [6.07, 6.45) is 2.02. The lowest BCUT2D eigenvalue weighted by Gasteiger charge is -2.37. The van der Waals surface area contributed by atoms with Crippen molar-refractivity contribution >= 4 is 11.8 Å². The van der Waals surface area contributed by atoms with Crippen LogP contribution in [-0.4, -0.2) is 52.4 Å². The number of likely N-dealkylation sites (N-methyl/N-ethyl adjacent to an activating group) is 2. The van der Waals surface area contributed by atoms with Gasteiger partial charge in [-0.1, -0.05) is 6.92 Å². The van der Waals surface area contributed by atoms with Crippen molar-refractivity contribution in [3.05, 3.63) is 18.0 Å². The van der Waals surface area contributed by atoms with Gasteiger partial charge in [-0.15, -0.1) is 0 Å². The number of rotatable bonds is 4. The second kappa shape index (κ2) is 5.89. The Bertz CT molecular complexity index is 352. The van der Waals surface area contributed by atoms with Gasteiger partial charge in [-0.05, 0) is 19.7 Å². The van der Waals surface area contributed by atoms with Gasteiger partial charge < -0.3 is 5.32 Å². The molecule has 0 radical (unpaired) electrons. The SMILES string of the molecule is CCNC(c1ccn(C)n1)C1CSCCN1C. The van der Waals surface area contributed by atoms with E-state index in [1.165, 1.54) is 18.1 Å². The van der Waals surface area contributed by atoms with E-state index in [0.29, 0.717) is 12.1 Å². The van der Waals surface area contributed by atoms with Gasteiger partial charge in [-0.2, -0.15) is 16.9 Å². The maximum Gasteiger partial charge on any atom is 0.0810 e. The molecular formula is C12H22N4S. The Labute approximate surface area is 108 Å². The largest absolute Gasteiger partial charge is 0.308 e. The van der Waals surface area contributed by atoms with Crippen molar-refractivity contribution < 1.29 is 0 Å². The van der Waals surface area contributed by atoms with Gasteiger partial charge in [0.05, 0.1) is 11.7 Å². The van der Waals surface area contributed by atoms with Crippen molar-refractivity contribution in [3.8, 4) is 0 Å². The van der Waals surface area contributed by atoms with Gasteiger partial charge in [0.2, 0.25) is 0 Å². The Hall–Kier alpha value is -0.520. The summed E-state index contributed by atoms with van der Waals surface area (Å²) in [6.45, 7) is 4.31. The van der Waals surface area contributed by atoms with Gasteiger partial charge in [0.1, 0.15) is 0 Å². The predicted molar refractivity (Wildman–Crippen MR) is 73.4 cm³/mol. The van der Waals surface area contributed by atoms with E-state index in [1.54, 1.807) is 0 Å². The fraction of sp³-hybridized carbons (Fsp3) is 0.750. The zero-order chi connectivity index (χ0) is 12.3. The molecule has 0 saturated carbocycles. The number of thioether (sulfide) groups is 1. The third-order valence-electron chi connectivity index (χ3n) is 3.30. The van der Waals surface area contributed by atoms with Crippen LogP contribution in [0.1, 0.15) is 18.7 Å². The third kappa shape index (κ3) is 3.03. The molecule has 17 heavy (non-hydrogen) atoms. The van der Waals surface area contributed by atoms with Gasteiger partial charge in [0.15, 0.2) is 0 Å². The molecule has 0 bridgehead atoms. The van der Waals surface area contributed by atoms with E-state index in [4.69, 9.17) is 0 Å². The lowest BCUT2D eigenvalue weighted by Crippen LogP contribution is -2.48. The molecule has 1 aliphatic heterocycles. The molecule has 1 saturated heterocycles. The lowest BCUT2D eigenvalue weighted by atomic mass is 10.0. The minimum absolute atomic E-state index is 0.346. The topological polar surface area (TPSA) is 33.1 Å². The molecule has 96 valence electrons. The number of nitrogens with zero attached hydrogens (tertiary/aromatic N) is 3. The summed E-state index contributed by atoms with van der Waals surface area (Å²) in [5, 5.41) is 8.14. The van der Waals surface area contributed by atoms with Crippen LogP contribution in [0.2, 0.25) is 0 Å². The Balaban J connectivity index is 2.15. The first-order valence-corrected chi connectivity index (χ1v) is 7.38. The van der Waals surface area contributed by atoms with Gasteiger partial charge in [0.25, 0.3) is 0 Å². The molecule has 1 aromatic rings. The highest BCUT2D eigenvalue weighted by Gasteiger charge is 2.29. The highest BCUT2D eigenvalue weighted by Crippen LogP contribution is 2.25. The molecule has 1 fully saturated rings. The maximum absolute atomic E-state index is 4.56. The van der Waals surface area contributed by atoms with Crippen LogP contribution >= 0.6 is 11.8 Å². The fourth-order valence-electron chi connectivity index (χ4n) is 2.31. The van der Waals surface area contributed by atoms with Crippen LogP contribution in [0.15, 0.2) is 12.3 Å². The van der Waals surface area contributed by atoms with Crippen LogP contribution in [0.3, 0.4) is 0 Å². The summed E-state index contributed by atoms with van der Waals surface area (Å²) in [4.78, 5) is 2.46. The molecule has 2 rings (SSSR count). The minimum atomic E-state index is 0.346. The monoisotopic (exact) mass is 254 g/mol. The summed E-state index contributed by atoms with van der Waals surface area (Å²) in [5.41, 5.74) is 1.16. The van der Waals surface area contributed by atoms with Gasteiger partial charge >= 0.3 is 0 Å². The van der Waals surface area contributed by atoms with E-state index in [2.05, 4.69) is 35.4 Å². The zero-order valence-corrected chi connectivity index (χ0v) is 11.7. The first kappa shape index (κ1) is 12.9. The van der Waals surface area contributed by atoms with Crippen LogP contribution in [0.4, 0.5) is 0 Å². The van der Waals surface area contributed by atoms with Crippen molar-refractivity contribution in [1.29, 1.82) is 0 Å². The predicted octanol–water partition coefficient (Wildman–Crippen LogP) is 1.12. The van der Waals surface area contributed by atoms with Crippen molar-refractivity contribution in [1.82, 2.24) is 20.0 Å². The second-order valence-electron chi connectivity index (χ2n) is 4.57. The number of aryl methyl sites for hydroxylation is 1. The minimum Gasteiger partial charge on any atom is -0.308 e. The van der Waals surface area contributed by atoms with E-state index < -0.39 is 0 Å². The first-order valence-electron chi connectivity index (χ1n) is 6.23. The quantitative estimate of drug-likeness (QED) is 0.873. The number of hydrogen-bond donors (Lipinski definition) is 1. The molecule has 0 spiro atoms. The van der Waals surface area contributed by atoms with Gasteiger partial charge in [-0.3, -0.25) is 9.58 Å². The van der Waals surface area contributed by atoms with Crippen LogP contribution < -0.4 is 5.32 Å². The van der Waals surface area contributed by atoms with Crippen molar-refractivity contribution in [3.63, 3.8) is 0 Å². The molecule has 1 aromatic heterocycles. The number of nitrogens with one attached hydrogen (secondary N) is 1. The summed E-state index contributed by atoms with van der Waals surface area (Å²) in [7, 11) is 4.20. The van der Waals surface area contributed by atoms with Gasteiger partial charge in [0, 0.05) is 37.3 Å². The zero-order valence-electron chi connectivity index (χ0n) is 10.9. The molecule has 1 aliphatic rings. The summed E-state index contributed by atoms with van der Waals surface area (Å²) in [5.74, 6) is 2.43. The van der Waals surface area contributed by atoms with Crippen molar-refractivity contribution in [2.24, 2.45) is 7.05 Å². The van der Waals surface area contributed by atoms with Gasteiger partial charge in [-0.25, -0.2) is 0 Å². The molecule has 0 aliphatic carbocycles. The van der Waals surface area contributed by atoms with E-state index in [1.807, 2.05) is 29.7 Å². The highest BCUT2D eigenvalue weighted by molar-refractivity contribution is 7.99. The summed E-state index contributed by atoms with van der Waals surface area (Å²) >= 11 is 2.05.